The summed E-state index contributed by atoms with van der Waals surface area (Å²) in [6.07, 6.45) is 0. The van der Waals surface area contributed by atoms with Crippen molar-refractivity contribution in [3.63, 3.8) is 0 Å². The van der Waals surface area contributed by atoms with Crippen LogP contribution in [0.25, 0.3) is 0 Å². The molecule has 0 aliphatic rings. The van der Waals surface area contributed by atoms with Gasteiger partial charge in [-0.05, 0) is 0 Å². The Balaban J connectivity index is 0. The van der Waals surface area contributed by atoms with Crippen LogP contribution in [0.2, 0.25) is 0 Å². The fraction of sp³-hybridized carbons (Fsp3) is 0. The van der Waals surface area contributed by atoms with Crippen molar-refractivity contribution in [3.05, 3.63) is 0 Å². The molecule has 0 spiro atoms. The van der Waals surface area contributed by atoms with Crippen LogP contribution in [0, 0.1) is 29.9 Å². The molecule has 0 aromatic carbocycles. The van der Waals surface area contributed by atoms with Gasteiger partial charge in [0.2, 0.25) is 0 Å². The maximum Gasteiger partial charge on any atom is 0 e. The van der Waals surface area contributed by atoms with Gasteiger partial charge in [-0.15, -0.1) is 37.2 Å². The Kier molecular flexibility index (Phi) is 555. The van der Waals surface area contributed by atoms with E-state index in [9.17, 15) is 0 Å². The van der Waals surface area contributed by atoms with Gasteiger partial charge >= 0.3 is 0 Å². The van der Waals surface area contributed by atoms with Crippen LogP contribution in [0.3, 0.4) is 0 Å². The average molecular weight is 364 g/mol. The molecule has 0 bridgehead atoms. The first-order chi connectivity index (χ1) is 0. The quantitative estimate of drug-likeness (QED) is 0.598. The van der Waals surface area contributed by atoms with Crippen LogP contribution in [0.5, 0.6) is 0 Å². The minimum atomic E-state index is 0. The number of rotatable bonds is 0. The SMILES string of the molecule is Cl.Cl.Cl.O.[Np]. The summed E-state index contributed by atoms with van der Waals surface area (Å²) in [5.74, 6) is 0. The molecule has 0 heterocycles. The van der Waals surface area contributed by atoms with Gasteiger partial charge in [0.15, 0.2) is 0 Å². The molecule has 0 aliphatic carbocycles. The topological polar surface area (TPSA) is 31.5 Å². The monoisotopic (exact) mass is 362 g/mol. The number of hydrogen-bond acceptors (Lipinski definition) is 0. The molecule has 5 heteroatoms. The van der Waals surface area contributed by atoms with Gasteiger partial charge < -0.3 is 5.48 Å². The first-order valence-corrected chi connectivity index (χ1v) is 0. The smallest absolute Gasteiger partial charge is 0 e. The van der Waals surface area contributed by atoms with Crippen molar-refractivity contribution >= 4 is 37.2 Å². The largest absolute Gasteiger partial charge is 0.412 e. The van der Waals surface area contributed by atoms with Crippen molar-refractivity contribution in [3.8, 4) is 0 Å². The van der Waals surface area contributed by atoms with E-state index in [1.807, 2.05) is 0 Å². The summed E-state index contributed by atoms with van der Waals surface area (Å²) < 4.78 is 0. The Morgan fingerprint density at radius 2 is 0.600 bits per heavy atom. The van der Waals surface area contributed by atoms with E-state index in [4.69, 9.17) is 0 Å². The first-order valence-electron chi connectivity index (χ1n) is 0. The predicted octanol–water partition coefficient (Wildman–Crippen LogP) is 0.441. The van der Waals surface area contributed by atoms with Gasteiger partial charge in [-0.3, -0.25) is 0 Å². The molecule has 0 aliphatic heterocycles. The Morgan fingerprint density at radius 3 is 0.600 bits per heavy atom. The minimum absolute atomic E-state index is 0. The Bertz CT molecular complexity index is 6.85. The van der Waals surface area contributed by atoms with E-state index in [1.54, 1.807) is 0 Å². The molecule has 5 heavy (non-hydrogen) atoms. The van der Waals surface area contributed by atoms with Crippen molar-refractivity contribution in [2.45, 2.75) is 0 Å². The van der Waals surface area contributed by atoms with Gasteiger partial charge in [0.05, 0.1) is 0 Å². The van der Waals surface area contributed by atoms with E-state index in [-0.39, 0.29) is 72.6 Å². The van der Waals surface area contributed by atoms with Crippen molar-refractivity contribution in [2.24, 2.45) is 0 Å². The molecular formula is H5Cl3NpO. The Labute approximate surface area is 72.1 Å². The predicted molar refractivity (Wildman–Crippen MR) is 25.4 cm³/mol. The Hall–Kier alpha value is 1.84. The zero-order valence-corrected chi connectivity index (χ0v) is 8.35. The molecule has 0 amide bonds. The van der Waals surface area contributed by atoms with E-state index in [1.165, 1.54) is 0 Å². The van der Waals surface area contributed by atoms with Crippen LogP contribution in [-0.4, -0.2) is 5.48 Å². The van der Waals surface area contributed by atoms with Gasteiger partial charge in [-0.1, -0.05) is 0 Å². The summed E-state index contributed by atoms with van der Waals surface area (Å²) in [6.45, 7) is 0. The van der Waals surface area contributed by atoms with Gasteiger partial charge in [-0.2, -0.15) is 0 Å². The normalized spacial score (nSPS) is 0. The summed E-state index contributed by atoms with van der Waals surface area (Å²) in [6, 6.07) is 0. The van der Waals surface area contributed by atoms with E-state index in [2.05, 4.69) is 0 Å². The second-order valence-corrected chi connectivity index (χ2v) is 0. The zero-order valence-electron chi connectivity index (χ0n) is 2.17. The van der Waals surface area contributed by atoms with Crippen molar-refractivity contribution in [1.29, 1.82) is 0 Å². The summed E-state index contributed by atoms with van der Waals surface area (Å²) in [4.78, 5) is 0. The average Bonchev–Trinajstić information content (AvgIpc) is 0. The zero-order chi connectivity index (χ0) is 0. The summed E-state index contributed by atoms with van der Waals surface area (Å²) in [5.41, 5.74) is 0. The molecule has 1 nitrogen and oxygen atoms in total. The van der Waals surface area contributed by atoms with E-state index >= 15 is 0 Å². The molecule has 0 aromatic rings. The van der Waals surface area contributed by atoms with Gasteiger partial charge in [0.25, 0.3) is 0 Å². The third-order valence-electron chi connectivity index (χ3n) is 0. The van der Waals surface area contributed by atoms with Crippen molar-refractivity contribution in [1.82, 2.24) is 0 Å². The van der Waals surface area contributed by atoms with Crippen LogP contribution in [0.4, 0.5) is 0 Å². The van der Waals surface area contributed by atoms with Crippen LogP contribution in [0.1, 0.15) is 0 Å². The second kappa shape index (κ2) is 40.3. The third-order valence-corrected chi connectivity index (χ3v) is 0. The molecule has 1 radical (unpaired) electrons. The molecule has 0 saturated carbocycles. The van der Waals surface area contributed by atoms with Crippen LogP contribution < -0.4 is 0 Å². The van der Waals surface area contributed by atoms with E-state index in [0.717, 1.165) is 0 Å². The van der Waals surface area contributed by atoms with Gasteiger partial charge in [-0.25, -0.2) is 0 Å². The molecule has 0 unspecified atom stereocenters. The summed E-state index contributed by atoms with van der Waals surface area (Å²) >= 11 is 0. The fourth-order valence-electron chi connectivity index (χ4n) is 0. The second-order valence-electron chi connectivity index (χ2n) is 0. The number of hydrogen-bond donors (Lipinski definition) is 0. The van der Waals surface area contributed by atoms with Crippen LogP contribution in [-0.2, 0) is 0 Å². The third kappa shape index (κ3) is 25.4. The van der Waals surface area contributed by atoms with Crippen molar-refractivity contribution < 1.29 is 35.4 Å². The van der Waals surface area contributed by atoms with Crippen LogP contribution in [0.15, 0.2) is 0 Å². The Morgan fingerprint density at radius 1 is 0.600 bits per heavy atom. The molecule has 0 fully saturated rings. The molecular weight excluding hydrogens is 359 g/mol. The molecule has 0 aromatic heterocycles. The maximum atomic E-state index is 0. The van der Waals surface area contributed by atoms with Gasteiger partial charge in [0, 0.05) is 29.9 Å². The number of halogens is 3. The molecule has 2 N–H and O–H groups in total. The standard InChI is InChI=1S/3ClH.Np.H2O/h3*1H;;1H2. The molecule has 0 rings (SSSR count). The van der Waals surface area contributed by atoms with Crippen LogP contribution >= 0.6 is 37.2 Å². The van der Waals surface area contributed by atoms with Gasteiger partial charge in [0.1, 0.15) is 0 Å². The minimum Gasteiger partial charge on any atom is -0.412 e. The van der Waals surface area contributed by atoms with Crippen molar-refractivity contribution in [2.75, 3.05) is 0 Å². The fourth-order valence-corrected chi connectivity index (χ4v) is 0. The molecule has 37 valence electrons. The molecule has 0 saturated heterocycles. The molecule has 0 atom stereocenters. The van der Waals surface area contributed by atoms with E-state index in [0.29, 0.717) is 0 Å². The summed E-state index contributed by atoms with van der Waals surface area (Å²) in [5, 5.41) is 0. The summed E-state index contributed by atoms with van der Waals surface area (Å²) in [7, 11) is 0. The van der Waals surface area contributed by atoms with E-state index < -0.39 is 0 Å². The maximum absolute atomic E-state index is 0. The first kappa shape index (κ1) is 68.8.